The van der Waals surface area contributed by atoms with Gasteiger partial charge in [-0.05, 0) is 37.7 Å². The highest BCUT2D eigenvalue weighted by Crippen LogP contribution is 2.20. The number of urea groups is 1. The Morgan fingerprint density at radius 1 is 1.35 bits per heavy atom. The van der Waals surface area contributed by atoms with E-state index in [4.69, 9.17) is 0 Å². The van der Waals surface area contributed by atoms with Gasteiger partial charge >= 0.3 is 6.03 Å². The van der Waals surface area contributed by atoms with Crippen molar-refractivity contribution in [1.82, 2.24) is 20.1 Å². The number of piperazine rings is 1. The van der Waals surface area contributed by atoms with Crippen molar-refractivity contribution < 1.29 is 4.79 Å². The van der Waals surface area contributed by atoms with Gasteiger partial charge in [0.2, 0.25) is 0 Å². The lowest BCUT2D eigenvalue weighted by molar-refractivity contribution is 0.111. The summed E-state index contributed by atoms with van der Waals surface area (Å²) in [5.74, 6) is 2.29. The summed E-state index contributed by atoms with van der Waals surface area (Å²) in [7, 11) is 0. The zero-order chi connectivity index (χ0) is 16.1. The Hall–Kier alpha value is -1.27. The van der Waals surface area contributed by atoms with E-state index in [0.717, 1.165) is 44.0 Å². The van der Waals surface area contributed by atoms with Crippen LogP contribution in [0.1, 0.15) is 31.5 Å². The van der Waals surface area contributed by atoms with Gasteiger partial charge < -0.3 is 10.2 Å². The smallest absolute Gasteiger partial charge is 0.317 e. The first-order valence-electron chi connectivity index (χ1n) is 8.52. The van der Waals surface area contributed by atoms with E-state index in [1.165, 1.54) is 12.2 Å². The number of carbonyl (C=O) groups excluding carboxylic acids is 1. The van der Waals surface area contributed by atoms with E-state index >= 15 is 0 Å². The minimum atomic E-state index is 0.114. The van der Waals surface area contributed by atoms with Crippen molar-refractivity contribution in [2.75, 3.05) is 37.7 Å². The average molecular weight is 334 g/mol. The minimum absolute atomic E-state index is 0.114. The second-order valence-corrected chi connectivity index (χ2v) is 7.47. The number of pyridine rings is 1. The molecule has 2 fully saturated rings. The molecule has 0 spiro atoms. The maximum Gasteiger partial charge on any atom is 0.317 e. The molecule has 3 heterocycles. The van der Waals surface area contributed by atoms with E-state index in [1.54, 1.807) is 0 Å². The molecule has 23 heavy (non-hydrogen) atoms. The van der Waals surface area contributed by atoms with Gasteiger partial charge in [-0.2, -0.15) is 11.8 Å². The highest BCUT2D eigenvalue weighted by Gasteiger charge is 2.26. The number of nitrogens with zero attached hydrogens (tertiary/aromatic N) is 3. The van der Waals surface area contributed by atoms with Gasteiger partial charge in [-0.25, -0.2) is 4.79 Å². The van der Waals surface area contributed by atoms with Crippen LogP contribution in [0.3, 0.4) is 0 Å². The molecule has 0 saturated carbocycles. The standard InChI is InChI=1S/C17H26N4OS/c1-14(16-6-2-3-7-18-16)20-8-10-21(11-9-20)17(22)19-15-5-4-12-23-13-15/h2-3,6-7,14-15H,4-5,8-13H2,1H3,(H,19,22). The third kappa shape index (κ3) is 4.38. The first kappa shape index (κ1) is 16.6. The second-order valence-electron chi connectivity index (χ2n) is 6.32. The summed E-state index contributed by atoms with van der Waals surface area (Å²) >= 11 is 1.95. The molecule has 3 rings (SSSR count). The van der Waals surface area contributed by atoms with Crippen molar-refractivity contribution in [3.63, 3.8) is 0 Å². The Morgan fingerprint density at radius 2 is 2.17 bits per heavy atom. The van der Waals surface area contributed by atoms with Gasteiger partial charge in [-0.1, -0.05) is 6.07 Å². The molecule has 2 aliphatic heterocycles. The molecule has 5 nitrogen and oxygen atoms in total. The average Bonchev–Trinajstić information content (AvgIpc) is 2.63. The Balaban J connectivity index is 1.47. The van der Waals surface area contributed by atoms with Crippen LogP contribution in [-0.4, -0.2) is 64.5 Å². The van der Waals surface area contributed by atoms with Crippen LogP contribution >= 0.6 is 11.8 Å². The maximum absolute atomic E-state index is 12.4. The van der Waals surface area contributed by atoms with Gasteiger partial charge in [0.1, 0.15) is 0 Å². The van der Waals surface area contributed by atoms with Crippen LogP contribution in [0, 0.1) is 0 Å². The third-order valence-corrected chi connectivity index (χ3v) is 5.97. The fourth-order valence-corrected chi connectivity index (χ4v) is 4.31. The van der Waals surface area contributed by atoms with Gasteiger partial charge in [-0.3, -0.25) is 9.88 Å². The molecule has 1 aromatic rings. The summed E-state index contributed by atoms with van der Waals surface area (Å²) in [5.41, 5.74) is 1.10. The highest BCUT2D eigenvalue weighted by atomic mass is 32.2. The number of hydrogen-bond acceptors (Lipinski definition) is 4. The highest BCUT2D eigenvalue weighted by molar-refractivity contribution is 7.99. The van der Waals surface area contributed by atoms with E-state index < -0.39 is 0 Å². The van der Waals surface area contributed by atoms with Crippen molar-refractivity contribution in [2.45, 2.75) is 31.8 Å². The molecule has 2 aliphatic rings. The van der Waals surface area contributed by atoms with Crippen molar-refractivity contribution >= 4 is 17.8 Å². The van der Waals surface area contributed by atoms with Crippen LogP contribution in [0.25, 0.3) is 0 Å². The third-order valence-electron chi connectivity index (χ3n) is 4.75. The lowest BCUT2D eigenvalue weighted by Gasteiger charge is -2.38. The molecule has 1 N–H and O–H groups in total. The topological polar surface area (TPSA) is 48.5 Å². The number of thioether (sulfide) groups is 1. The lowest BCUT2D eigenvalue weighted by Crippen LogP contribution is -2.54. The van der Waals surface area contributed by atoms with Gasteiger partial charge in [0.15, 0.2) is 0 Å². The molecule has 2 saturated heterocycles. The Bertz CT molecular complexity index is 499. The Labute approximate surface area is 142 Å². The number of rotatable bonds is 3. The van der Waals surface area contributed by atoms with Gasteiger partial charge in [0.25, 0.3) is 0 Å². The van der Waals surface area contributed by atoms with Crippen LogP contribution in [-0.2, 0) is 0 Å². The van der Waals surface area contributed by atoms with Crippen molar-refractivity contribution in [3.05, 3.63) is 30.1 Å². The van der Waals surface area contributed by atoms with E-state index in [2.05, 4.69) is 28.2 Å². The molecule has 0 bridgehead atoms. The van der Waals surface area contributed by atoms with Crippen LogP contribution in [0.15, 0.2) is 24.4 Å². The Kier molecular flexibility index (Phi) is 5.78. The summed E-state index contributed by atoms with van der Waals surface area (Å²) in [5, 5.41) is 3.20. The predicted molar refractivity (Wildman–Crippen MR) is 94.7 cm³/mol. The molecule has 0 radical (unpaired) electrons. The fourth-order valence-electron chi connectivity index (χ4n) is 3.24. The summed E-state index contributed by atoms with van der Waals surface area (Å²) in [4.78, 5) is 21.2. The molecule has 2 unspecified atom stereocenters. The van der Waals surface area contributed by atoms with Crippen molar-refractivity contribution in [1.29, 1.82) is 0 Å². The van der Waals surface area contributed by atoms with Gasteiger partial charge in [0.05, 0.1) is 5.69 Å². The lowest BCUT2D eigenvalue weighted by atomic mass is 10.1. The van der Waals surface area contributed by atoms with Crippen molar-refractivity contribution in [3.8, 4) is 0 Å². The van der Waals surface area contributed by atoms with Crippen LogP contribution in [0.2, 0.25) is 0 Å². The molecule has 6 heteroatoms. The van der Waals surface area contributed by atoms with Crippen molar-refractivity contribution in [2.24, 2.45) is 0 Å². The van der Waals surface area contributed by atoms with Gasteiger partial charge in [0, 0.05) is 50.2 Å². The summed E-state index contributed by atoms with van der Waals surface area (Å²) in [6.45, 7) is 5.60. The van der Waals surface area contributed by atoms with E-state index in [9.17, 15) is 4.79 Å². The zero-order valence-corrected chi connectivity index (χ0v) is 14.6. The van der Waals surface area contributed by atoms with E-state index in [0.29, 0.717) is 12.1 Å². The molecule has 126 valence electrons. The molecule has 0 aromatic carbocycles. The normalized spacial score (nSPS) is 24.2. The monoisotopic (exact) mass is 334 g/mol. The number of hydrogen-bond donors (Lipinski definition) is 1. The first-order chi connectivity index (χ1) is 11.2. The molecule has 2 atom stereocenters. The quantitative estimate of drug-likeness (QED) is 0.922. The molecule has 0 aliphatic carbocycles. The second kappa shape index (κ2) is 8.02. The SMILES string of the molecule is CC(c1ccccn1)N1CCN(C(=O)NC2CCCSC2)CC1. The van der Waals surface area contributed by atoms with E-state index in [-0.39, 0.29) is 6.03 Å². The van der Waals surface area contributed by atoms with Crippen LogP contribution in [0.5, 0.6) is 0 Å². The molecule has 2 amide bonds. The number of amides is 2. The fraction of sp³-hybridized carbons (Fsp3) is 0.647. The van der Waals surface area contributed by atoms with E-state index in [1.807, 2.05) is 35.0 Å². The molecule has 1 aromatic heterocycles. The predicted octanol–water partition coefficient (Wildman–Crippen LogP) is 2.37. The van der Waals surface area contributed by atoms with Crippen LogP contribution < -0.4 is 5.32 Å². The Morgan fingerprint density at radius 3 is 2.83 bits per heavy atom. The number of aromatic nitrogens is 1. The molecular formula is C17H26N4OS. The largest absolute Gasteiger partial charge is 0.334 e. The summed E-state index contributed by atoms with van der Waals surface area (Å²) < 4.78 is 0. The summed E-state index contributed by atoms with van der Waals surface area (Å²) in [6.07, 6.45) is 4.18. The van der Waals surface area contributed by atoms with Gasteiger partial charge in [-0.15, -0.1) is 0 Å². The maximum atomic E-state index is 12.4. The molecular weight excluding hydrogens is 308 g/mol. The number of carbonyl (C=O) groups is 1. The zero-order valence-electron chi connectivity index (χ0n) is 13.8. The minimum Gasteiger partial charge on any atom is -0.334 e. The van der Waals surface area contributed by atoms with Crippen LogP contribution in [0.4, 0.5) is 4.79 Å². The first-order valence-corrected chi connectivity index (χ1v) is 9.67. The number of nitrogens with one attached hydrogen (secondary N) is 1. The summed E-state index contributed by atoms with van der Waals surface area (Å²) in [6, 6.07) is 6.82.